The van der Waals surface area contributed by atoms with E-state index in [1.54, 1.807) is 59.1 Å². The largest absolute Gasteiger partial charge is 0.444 e. The van der Waals surface area contributed by atoms with E-state index in [-0.39, 0.29) is 24.0 Å². The molecule has 0 aliphatic heterocycles. The predicted molar refractivity (Wildman–Crippen MR) is 122 cm³/mol. The molecule has 1 aliphatic rings. The van der Waals surface area contributed by atoms with Crippen LogP contribution in [0.15, 0.2) is 24.3 Å². The maximum atomic E-state index is 12.6. The van der Waals surface area contributed by atoms with Crippen LogP contribution < -0.4 is 10.6 Å². The SMILES string of the molecule is CN(C)C(=O)[C@H]1CC[C@H](NC(=O)CC(=O)c2ccc(Cl)cc2)[C@H](NC(=O)OC(C)(C)C)C1. The van der Waals surface area contributed by atoms with E-state index in [0.717, 1.165) is 0 Å². The van der Waals surface area contributed by atoms with Crippen molar-refractivity contribution in [2.75, 3.05) is 14.1 Å². The minimum Gasteiger partial charge on any atom is -0.444 e. The van der Waals surface area contributed by atoms with Gasteiger partial charge >= 0.3 is 6.09 Å². The number of nitrogens with zero attached hydrogens (tertiary/aromatic N) is 1. The van der Waals surface area contributed by atoms with Crippen molar-refractivity contribution in [3.8, 4) is 0 Å². The van der Waals surface area contributed by atoms with Crippen molar-refractivity contribution in [2.24, 2.45) is 5.92 Å². The van der Waals surface area contributed by atoms with Crippen molar-refractivity contribution in [1.29, 1.82) is 0 Å². The highest BCUT2D eigenvalue weighted by atomic mass is 35.5. The molecule has 9 heteroatoms. The van der Waals surface area contributed by atoms with Crippen LogP contribution in [0.25, 0.3) is 0 Å². The highest BCUT2D eigenvalue weighted by Crippen LogP contribution is 2.27. The number of amides is 3. The molecule has 2 rings (SSSR count). The second-order valence-electron chi connectivity index (χ2n) is 9.28. The lowest BCUT2D eigenvalue weighted by molar-refractivity contribution is -0.134. The Labute approximate surface area is 194 Å². The molecule has 2 N–H and O–H groups in total. The molecular formula is C23H32ClN3O5. The fraction of sp³-hybridized carbons (Fsp3) is 0.565. The molecule has 1 aliphatic carbocycles. The van der Waals surface area contributed by atoms with E-state index in [1.165, 1.54) is 4.90 Å². The van der Waals surface area contributed by atoms with Gasteiger partial charge in [0.25, 0.3) is 0 Å². The Kier molecular flexibility index (Phi) is 8.66. The third kappa shape index (κ3) is 7.82. The summed E-state index contributed by atoms with van der Waals surface area (Å²) in [4.78, 5) is 51.3. The van der Waals surface area contributed by atoms with Crippen molar-refractivity contribution in [3.63, 3.8) is 0 Å². The first-order valence-corrected chi connectivity index (χ1v) is 11.0. The third-order valence-electron chi connectivity index (χ3n) is 5.18. The summed E-state index contributed by atoms with van der Waals surface area (Å²) in [5.41, 5.74) is -0.283. The molecule has 0 bridgehead atoms. The smallest absolute Gasteiger partial charge is 0.407 e. The number of carbonyl (C=O) groups excluding carboxylic acids is 4. The lowest BCUT2D eigenvalue weighted by Gasteiger charge is -2.37. The molecule has 0 aromatic heterocycles. The lowest BCUT2D eigenvalue weighted by atomic mass is 9.81. The number of nitrogens with one attached hydrogen (secondary N) is 2. The maximum Gasteiger partial charge on any atom is 0.407 e. The van der Waals surface area contributed by atoms with Gasteiger partial charge in [0.2, 0.25) is 11.8 Å². The van der Waals surface area contributed by atoms with Gasteiger partial charge in [0, 0.05) is 36.6 Å². The second kappa shape index (κ2) is 10.8. The number of carbonyl (C=O) groups is 4. The number of hydrogen-bond donors (Lipinski definition) is 2. The second-order valence-corrected chi connectivity index (χ2v) is 9.71. The van der Waals surface area contributed by atoms with Crippen molar-refractivity contribution >= 4 is 35.3 Å². The fourth-order valence-corrected chi connectivity index (χ4v) is 3.82. The number of Topliss-reactive ketones (excluding diaryl/α,β-unsaturated/α-hetero) is 1. The zero-order valence-corrected chi connectivity index (χ0v) is 20.0. The Morgan fingerprint density at radius 3 is 2.22 bits per heavy atom. The normalized spacial score (nSPS) is 20.8. The number of hydrogen-bond acceptors (Lipinski definition) is 5. The topological polar surface area (TPSA) is 105 Å². The van der Waals surface area contributed by atoms with Crippen molar-refractivity contribution in [3.05, 3.63) is 34.9 Å². The van der Waals surface area contributed by atoms with Gasteiger partial charge in [-0.1, -0.05) is 11.6 Å². The van der Waals surface area contributed by atoms with Crippen molar-refractivity contribution < 1.29 is 23.9 Å². The van der Waals surface area contributed by atoms with Gasteiger partial charge < -0.3 is 20.3 Å². The van der Waals surface area contributed by atoms with Crippen LogP contribution in [0.2, 0.25) is 5.02 Å². The number of ether oxygens (including phenoxy) is 1. The molecule has 3 amide bonds. The molecule has 1 saturated carbocycles. The van der Waals surface area contributed by atoms with Crippen LogP contribution in [0.5, 0.6) is 0 Å². The molecule has 0 spiro atoms. The number of alkyl carbamates (subject to hydrolysis) is 1. The average Bonchev–Trinajstić information content (AvgIpc) is 2.67. The van der Waals surface area contributed by atoms with Gasteiger partial charge in [-0.05, 0) is 64.3 Å². The molecule has 0 saturated heterocycles. The van der Waals surface area contributed by atoms with Gasteiger partial charge in [-0.3, -0.25) is 14.4 Å². The summed E-state index contributed by atoms with van der Waals surface area (Å²) < 4.78 is 5.35. The maximum absolute atomic E-state index is 12.6. The van der Waals surface area contributed by atoms with Crippen LogP contribution >= 0.6 is 11.6 Å². The third-order valence-corrected chi connectivity index (χ3v) is 5.43. The number of ketones is 1. The van der Waals surface area contributed by atoms with E-state index >= 15 is 0 Å². The molecule has 3 atom stereocenters. The average molecular weight is 466 g/mol. The molecule has 1 fully saturated rings. The summed E-state index contributed by atoms with van der Waals surface area (Å²) in [6.45, 7) is 5.27. The molecule has 0 heterocycles. The molecule has 1 aromatic carbocycles. The Hall–Kier alpha value is -2.61. The van der Waals surface area contributed by atoms with Crippen LogP contribution in [-0.2, 0) is 14.3 Å². The van der Waals surface area contributed by atoms with E-state index in [9.17, 15) is 19.2 Å². The Balaban J connectivity index is 2.05. The minimum absolute atomic E-state index is 0.0244. The van der Waals surface area contributed by atoms with E-state index < -0.39 is 29.7 Å². The number of rotatable bonds is 6. The molecule has 1 aromatic rings. The van der Waals surface area contributed by atoms with Crippen LogP contribution in [-0.4, -0.2) is 60.4 Å². The van der Waals surface area contributed by atoms with Gasteiger partial charge in [-0.2, -0.15) is 0 Å². The zero-order chi connectivity index (χ0) is 24.1. The quantitative estimate of drug-likeness (QED) is 0.496. The van der Waals surface area contributed by atoms with Crippen molar-refractivity contribution in [2.45, 2.75) is 64.1 Å². The monoisotopic (exact) mass is 465 g/mol. The molecule has 32 heavy (non-hydrogen) atoms. The Morgan fingerprint density at radius 1 is 1.03 bits per heavy atom. The Morgan fingerprint density at radius 2 is 1.66 bits per heavy atom. The number of benzene rings is 1. The summed E-state index contributed by atoms with van der Waals surface area (Å²) >= 11 is 5.84. The molecule has 0 radical (unpaired) electrons. The summed E-state index contributed by atoms with van der Waals surface area (Å²) in [6.07, 6.45) is 0.492. The van der Waals surface area contributed by atoms with Crippen LogP contribution in [0.4, 0.5) is 4.79 Å². The van der Waals surface area contributed by atoms with Gasteiger partial charge in [-0.25, -0.2) is 4.79 Å². The molecular weight excluding hydrogens is 434 g/mol. The molecule has 8 nitrogen and oxygen atoms in total. The molecule has 176 valence electrons. The van der Waals surface area contributed by atoms with Gasteiger partial charge in [0.05, 0.1) is 12.5 Å². The number of halogens is 1. The van der Waals surface area contributed by atoms with E-state index in [4.69, 9.17) is 16.3 Å². The van der Waals surface area contributed by atoms with Gasteiger partial charge in [-0.15, -0.1) is 0 Å². The minimum atomic E-state index is -0.679. The van der Waals surface area contributed by atoms with Crippen molar-refractivity contribution in [1.82, 2.24) is 15.5 Å². The van der Waals surface area contributed by atoms with Crippen LogP contribution in [0.3, 0.4) is 0 Å². The van der Waals surface area contributed by atoms with E-state index in [1.807, 2.05) is 0 Å². The molecule has 0 unspecified atom stereocenters. The highest BCUT2D eigenvalue weighted by Gasteiger charge is 2.37. The van der Waals surface area contributed by atoms with E-state index in [0.29, 0.717) is 29.8 Å². The first-order chi connectivity index (χ1) is 14.9. The summed E-state index contributed by atoms with van der Waals surface area (Å²) in [6, 6.07) is 5.42. The fourth-order valence-electron chi connectivity index (χ4n) is 3.69. The summed E-state index contributed by atoms with van der Waals surface area (Å²) in [7, 11) is 3.38. The summed E-state index contributed by atoms with van der Waals surface area (Å²) in [5.74, 6) is -1.06. The van der Waals surface area contributed by atoms with Crippen LogP contribution in [0.1, 0.15) is 56.8 Å². The first-order valence-electron chi connectivity index (χ1n) is 10.6. The zero-order valence-electron chi connectivity index (χ0n) is 19.2. The van der Waals surface area contributed by atoms with Gasteiger partial charge in [0.15, 0.2) is 5.78 Å². The first kappa shape index (κ1) is 25.6. The van der Waals surface area contributed by atoms with E-state index in [2.05, 4.69) is 10.6 Å². The highest BCUT2D eigenvalue weighted by molar-refractivity contribution is 6.30. The standard InChI is InChI=1S/C23H32ClN3O5/c1-23(2,3)32-22(31)26-18-12-15(21(30)27(4)5)8-11-17(18)25-20(29)13-19(28)14-6-9-16(24)10-7-14/h6-7,9-10,15,17-18H,8,11-13H2,1-5H3,(H,25,29)(H,26,31)/t15-,17-,18+/m0/s1. The van der Waals surface area contributed by atoms with Crippen LogP contribution in [0, 0.1) is 5.92 Å². The van der Waals surface area contributed by atoms with Gasteiger partial charge in [0.1, 0.15) is 5.60 Å². The summed E-state index contributed by atoms with van der Waals surface area (Å²) in [5, 5.41) is 6.16. The Bertz CT molecular complexity index is 848. The lowest BCUT2D eigenvalue weighted by Crippen LogP contribution is -2.56. The predicted octanol–water partition coefficient (Wildman–Crippen LogP) is 3.18.